The third-order valence-corrected chi connectivity index (χ3v) is 9.18. The molecule has 0 radical (unpaired) electrons. The van der Waals surface area contributed by atoms with Crippen molar-refractivity contribution in [2.45, 2.75) is 90.0 Å². The van der Waals surface area contributed by atoms with Gasteiger partial charge in [0, 0.05) is 22.7 Å². The van der Waals surface area contributed by atoms with E-state index in [2.05, 4.69) is 104 Å². The van der Waals surface area contributed by atoms with Crippen molar-refractivity contribution in [3.05, 3.63) is 53.6 Å². The molecule has 2 aromatic carbocycles. The van der Waals surface area contributed by atoms with Gasteiger partial charge in [0.05, 0.1) is 0 Å². The Labute approximate surface area is 191 Å². The van der Waals surface area contributed by atoms with Crippen LogP contribution >= 0.6 is 12.6 Å². The number of rotatable bonds is 8. The molecule has 0 aromatic heterocycles. The lowest BCUT2D eigenvalue weighted by Crippen LogP contribution is -2.57. The number of thiol groups is 1. The van der Waals surface area contributed by atoms with E-state index in [-0.39, 0.29) is 10.8 Å². The maximum Gasteiger partial charge on any atom is 0.433 e. The Morgan fingerprint density at radius 2 is 1.57 bits per heavy atom. The molecule has 0 amide bonds. The second kappa shape index (κ2) is 9.93. The minimum absolute atomic E-state index is 0.0287. The molecule has 0 aliphatic rings. The van der Waals surface area contributed by atoms with E-state index in [1.807, 2.05) is 6.07 Å². The van der Waals surface area contributed by atoms with Crippen LogP contribution < -0.4 is 9.61 Å². The fraction of sp³-hybridized carbons (Fsp3) is 0.538. The molecule has 0 fully saturated rings. The van der Waals surface area contributed by atoms with Crippen LogP contribution in [0, 0.1) is 0 Å². The van der Waals surface area contributed by atoms with Gasteiger partial charge in [-0.05, 0) is 46.6 Å². The SMILES string of the molecule is CCCO[Si](CCC)(Oc1ccc(C(C)(C)C)cc1C(C)(C)C)c1cccc(S)c1. The fourth-order valence-corrected chi connectivity index (χ4v) is 7.30. The summed E-state index contributed by atoms with van der Waals surface area (Å²) >= 11 is 4.59. The Balaban J connectivity index is 2.64. The van der Waals surface area contributed by atoms with Gasteiger partial charge in [0.1, 0.15) is 5.75 Å². The molecule has 2 aromatic rings. The third kappa shape index (κ3) is 6.15. The van der Waals surface area contributed by atoms with Crippen LogP contribution in [0.25, 0.3) is 0 Å². The molecule has 0 saturated heterocycles. The number of hydrogen-bond donors (Lipinski definition) is 1. The van der Waals surface area contributed by atoms with Crippen molar-refractivity contribution in [1.29, 1.82) is 0 Å². The summed E-state index contributed by atoms with van der Waals surface area (Å²) in [5.74, 6) is 0.955. The molecule has 0 bridgehead atoms. The molecule has 0 spiro atoms. The highest BCUT2D eigenvalue weighted by atomic mass is 32.1. The molecule has 166 valence electrons. The first-order valence-electron chi connectivity index (χ1n) is 11.2. The first-order valence-corrected chi connectivity index (χ1v) is 13.7. The molecule has 0 aliphatic heterocycles. The van der Waals surface area contributed by atoms with Gasteiger partial charge in [-0.15, -0.1) is 12.6 Å². The van der Waals surface area contributed by atoms with Crippen molar-refractivity contribution in [2.24, 2.45) is 0 Å². The topological polar surface area (TPSA) is 18.5 Å². The van der Waals surface area contributed by atoms with Gasteiger partial charge in [-0.1, -0.05) is 86.1 Å². The molecule has 1 unspecified atom stereocenters. The Morgan fingerprint density at radius 1 is 0.867 bits per heavy atom. The Bertz CT molecular complexity index is 836. The zero-order valence-electron chi connectivity index (χ0n) is 20.1. The molecule has 1 atom stereocenters. The van der Waals surface area contributed by atoms with Crippen molar-refractivity contribution in [1.82, 2.24) is 0 Å². The fourth-order valence-electron chi connectivity index (χ4n) is 3.63. The van der Waals surface area contributed by atoms with Crippen LogP contribution in [-0.2, 0) is 15.3 Å². The Kier molecular flexibility index (Phi) is 8.28. The van der Waals surface area contributed by atoms with Crippen LogP contribution in [0.3, 0.4) is 0 Å². The Hall–Kier alpha value is -1.23. The average molecular weight is 445 g/mol. The second-order valence-electron chi connectivity index (χ2n) is 10.2. The molecular formula is C26H40O2SSi. The lowest BCUT2D eigenvalue weighted by Gasteiger charge is -2.35. The highest BCUT2D eigenvalue weighted by Crippen LogP contribution is 2.37. The number of benzene rings is 2. The van der Waals surface area contributed by atoms with E-state index in [1.165, 1.54) is 11.1 Å². The normalized spacial score (nSPS) is 14.4. The maximum absolute atomic E-state index is 6.99. The highest BCUT2D eigenvalue weighted by Gasteiger charge is 2.42. The van der Waals surface area contributed by atoms with Gasteiger partial charge in [-0.25, -0.2) is 0 Å². The van der Waals surface area contributed by atoms with E-state index in [1.54, 1.807) is 0 Å². The van der Waals surface area contributed by atoms with Crippen molar-refractivity contribution in [3.63, 3.8) is 0 Å². The van der Waals surface area contributed by atoms with Gasteiger partial charge in [0.25, 0.3) is 0 Å². The number of hydrogen-bond acceptors (Lipinski definition) is 3. The van der Waals surface area contributed by atoms with Crippen molar-refractivity contribution in [3.8, 4) is 5.75 Å². The third-order valence-electron chi connectivity index (χ3n) is 5.33. The summed E-state index contributed by atoms with van der Waals surface area (Å²) in [5.41, 5.74) is 2.63. The summed E-state index contributed by atoms with van der Waals surface area (Å²) in [4.78, 5) is 0.948. The van der Waals surface area contributed by atoms with Gasteiger partial charge in [-0.3, -0.25) is 0 Å². The van der Waals surface area contributed by atoms with Crippen molar-refractivity contribution >= 4 is 26.4 Å². The maximum atomic E-state index is 6.99. The lowest BCUT2D eigenvalue weighted by molar-refractivity contribution is 0.246. The van der Waals surface area contributed by atoms with Crippen molar-refractivity contribution in [2.75, 3.05) is 6.61 Å². The predicted molar refractivity (Wildman–Crippen MR) is 135 cm³/mol. The van der Waals surface area contributed by atoms with Crippen LogP contribution in [-0.4, -0.2) is 15.2 Å². The molecule has 2 nitrogen and oxygen atoms in total. The second-order valence-corrected chi connectivity index (χ2v) is 13.8. The molecule has 0 N–H and O–H groups in total. The van der Waals surface area contributed by atoms with E-state index in [9.17, 15) is 0 Å². The van der Waals surface area contributed by atoms with Crippen LogP contribution in [0.15, 0.2) is 47.4 Å². The molecular weight excluding hydrogens is 404 g/mol. The summed E-state index contributed by atoms with van der Waals surface area (Å²) in [6, 6.07) is 16.0. The van der Waals surface area contributed by atoms with Gasteiger partial charge >= 0.3 is 8.56 Å². The zero-order valence-corrected chi connectivity index (χ0v) is 22.0. The summed E-state index contributed by atoms with van der Waals surface area (Å²) in [6.07, 6.45) is 1.98. The first kappa shape index (κ1) is 25.0. The lowest BCUT2D eigenvalue weighted by atomic mass is 9.80. The summed E-state index contributed by atoms with van der Waals surface area (Å²) in [6.45, 7) is 18.6. The zero-order chi connectivity index (χ0) is 22.6. The minimum atomic E-state index is -2.69. The molecule has 0 heterocycles. The van der Waals surface area contributed by atoms with Gasteiger partial charge in [-0.2, -0.15) is 0 Å². The monoisotopic (exact) mass is 444 g/mol. The summed E-state index contributed by atoms with van der Waals surface area (Å²) in [7, 11) is -2.69. The van der Waals surface area contributed by atoms with Crippen LogP contribution in [0.5, 0.6) is 5.75 Å². The standard InChI is InChI=1S/C26H40O2SSi/c1-9-16-27-30(17-10-2,22-13-11-12-21(29)19-22)28-24-15-14-20(25(3,4)5)18-23(24)26(6,7)8/h11-15,18-19,29H,9-10,16-17H2,1-8H3. The quantitative estimate of drug-likeness (QED) is 0.345. The van der Waals surface area contributed by atoms with Crippen LogP contribution in [0.2, 0.25) is 6.04 Å². The van der Waals surface area contributed by atoms with Gasteiger partial charge < -0.3 is 8.85 Å². The minimum Gasteiger partial charge on any atom is -0.517 e. The van der Waals surface area contributed by atoms with Crippen molar-refractivity contribution < 1.29 is 8.85 Å². The Morgan fingerprint density at radius 3 is 2.10 bits per heavy atom. The smallest absolute Gasteiger partial charge is 0.433 e. The van der Waals surface area contributed by atoms with E-state index >= 15 is 0 Å². The predicted octanol–water partition coefficient (Wildman–Crippen LogP) is 7.14. The first-order chi connectivity index (χ1) is 13.9. The summed E-state index contributed by atoms with van der Waals surface area (Å²) in [5, 5.41) is 1.16. The molecule has 30 heavy (non-hydrogen) atoms. The molecule has 0 saturated carbocycles. The molecule has 4 heteroatoms. The molecule has 2 rings (SSSR count). The average Bonchev–Trinajstić information content (AvgIpc) is 2.65. The highest BCUT2D eigenvalue weighted by molar-refractivity contribution is 7.80. The van der Waals surface area contributed by atoms with E-state index in [0.29, 0.717) is 6.61 Å². The van der Waals surface area contributed by atoms with Crippen LogP contribution in [0.4, 0.5) is 0 Å². The van der Waals surface area contributed by atoms with E-state index in [0.717, 1.165) is 34.7 Å². The van der Waals surface area contributed by atoms with E-state index in [4.69, 9.17) is 8.85 Å². The van der Waals surface area contributed by atoms with Crippen LogP contribution in [0.1, 0.15) is 79.4 Å². The van der Waals surface area contributed by atoms with E-state index < -0.39 is 8.56 Å². The van der Waals surface area contributed by atoms with Gasteiger partial charge in [0.15, 0.2) is 0 Å². The van der Waals surface area contributed by atoms with Gasteiger partial charge in [0.2, 0.25) is 0 Å². The summed E-state index contributed by atoms with van der Waals surface area (Å²) < 4.78 is 13.6. The molecule has 0 aliphatic carbocycles. The largest absolute Gasteiger partial charge is 0.517 e.